The molecule has 0 unspecified atom stereocenters. The van der Waals surface area contributed by atoms with Gasteiger partial charge in [-0.2, -0.15) is 0 Å². The molecule has 0 N–H and O–H groups in total. The van der Waals surface area contributed by atoms with Crippen LogP contribution in [0.5, 0.6) is 0 Å². The van der Waals surface area contributed by atoms with Gasteiger partial charge >= 0.3 is 0 Å². The van der Waals surface area contributed by atoms with Crippen LogP contribution in [0.4, 0.5) is 4.39 Å². The first kappa shape index (κ1) is 26.7. The molecule has 0 heterocycles. The first-order valence-electron chi connectivity index (χ1n) is 16.9. The normalized spacial score (nSPS) is 12.2. The molecule has 0 amide bonds. The van der Waals surface area contributed by atoms with E-state index in [1.807, 2.05) is 18.2 Å². The van der Waals surface area contributed by atoms with Gasteiger partial charge in [0.2, 0.25) is 0 Å². The van der Waals surface area contributed by atoms with Crippen molar-refractivity contribution in [2.75, 3.05) is 0 Å². The fourth-order valence-corrected chi connectivity index (χ4v) is 8.85. The van der Waals surface area contributed by atoms with Gasteiger partial charge < -0.3 is 0 Å². The highest BCUT2D eigenvalue weighted by atomic mass is 19.1. The number of rotatable bonds is 3. The zero-order valence-corrected chi connectivity index (χ0v) is 26.5. The smallest absolute Gasteiger partial charge is 0.131 e. The summed E-state index contributed by atoms with van der Waals surface area (Å²) in [5, 5.41) is 6.77. The second-order valence-corrected chi connectivity index (χ2v) is 13.2. The average molecular weight is 623 g/mol. The molecule has 2 aliphatic carbocycles. The predicted octanol–water partition coefficient (Wildman–Crippen LogP) is 13.6. The standard InChI is InChI=1S/C48H27F/c49-42-26-25-37-32-22-21-30(27-41(32)36-18-9-19-38(42)45(36)37)31-23-24-40-46-33(31)17-10-20-39(46)47-43(28-11-3-1-4-12-28)34-15-7-8-16-35(34)44(48(40)47)29-13-5-2-6-14-29/h1-27H. The van der Waals surface area contributed by atoms with Crippen LogP contribution in [0.2, 0.25) is 0 Å². The van der Waals surface area contributed by atoms with Gasteiger partial charge in [-0.15, -0.1) is 0 Å². The lowest BCUT2D eigenvalue weighted by atomic mass is 9.82. The Kier molecular flexibility index (Phi) is 5.38. The van der Waals surface area contributed by atoms with E-state index in [1.165, 1.54) is 88.3 Å². The minimum atomic E-state index is -0.168. The monoisotopic (exact) mass is 622 g/mol. The molecule has 0 saturated carbocycles. The van der Waals surface area contributed by atoms with Crippen LogP contribution in [-0.2, 0) is 0 Å². The summed E-state index contributed by atoms with van der Waals surface area (Å²) in [6.07, 6.45) is 0. The lowest BCUT2D eigenvalue weighted by molar-refractivity contribution is 0.640. The Bertz CT molecular complexity index is 2770. The van der Waals surface area contributed by atoms with Gasteiger partial charge in [-0.3, -0.25) is 0 Å². The van der Waals surface area contributed by atoms with Crippen LogP contribution in [-0.4, -0.2) is 0 Å². The van der Waals surface area contributed by atoms with E-state index in [2.05, 4.69) is 140 Å². The summed E-state index contributed by atoms with van der Waals surface area (Å²) in [6.45, 7) is 0. The van der Waals surface area contributed by atoms with E-state index in [0.29, 0.717) is 5.39 Å². The van der Waals surface area contributed by atoms with E-state index >= 15 is 0 Å². The lowest BCUT2D eigenvalue weighted by Crippen LogP contribution is -1.93. The van der Waals surface area contributed by atoms with E-state index < -0.39 is 0 Å². The highest BCUT2D eigenvalue weighted by Crippen LogP contribution is 2.59. The van der Waals surface area contributed by atoms with Gasteiger partial charge in [-0.05, 0) is 112 Å². The third kappa shape index (κ3) is 3.57. The summed E-state index contributed by atoms with van der Waals surface area (Å²) in [5.41, 5.74) is 17.1. The molecule has 226 valence electrons. The Morgan fingerprint density at radius 2 is 0.755 bits per heavy atom. The number of hydrogen-bond acceptors (Lipinski definition) is 0. The summed E-state index contributed by atoms with van der Waals surface area (Å²) in [7, 11) is 0. The summed E-state index contributed by atoms with van der Waals surface area (Å²) in [4.78, 5) is 0. The minimum absolute atomic E-state index is 0.168. The Labute approximate surface area is 283 Å². The molecule has 0 fully saturated rings. The lowest BCUT2D eigenvalue weighted by Gasteiger charge is -2.20. The molecule has 0 aliphatic heterocycles. The van der Waals surface area contributed by atoms with Crippen molar-refractivity contribution in [3.05, 3.63) is 170 Å². The SMILES string of the molecule is Fc1ccc2c3c(cccc13)-c1cc(-c3ccc4c5c(cccc35)-c3c-4c(-c4ccccc4)c4ccccc4c3-c3ccccc3)ccc1-2. The van der Waals surface area contributed by atoms with Crippen LogP contribution in [0.25, 0.3) is 110 Å². The van der Waals surface area contributed by atoms with Gasteiger partial charge in [0.1, 0.15) is 5.82 Å². The Morgan fingerprint density at radius 1 is 0.265 bits per heavy atom. The molecule has 0 saturated heterocycles. The largest absolute Gasteiger partial charge is 0.206 e. The topological polar surface area (TPSA) is 0 Å². The molecule has 0 nitrogen and oxygen atoms in total. The van der Waals surface area contributed by atoms with E-state index in [1.54, 1.807) is 6.07 Å². The maximum Gasteiger partial charge on any atom is 0.131 e. The molecule has 0 atom stereocenters. The number of halogens is 1. The number of benzene rings is 9. The quantitative estimate of drug-likeness (QED) is 0.184. The summed E-state index contributed by atoms with van der Waals surface area (Å²) >= 11 is 0. The molecule has 9 aromatic rings. The Morgan fingerprint density at radius 3 is 1.45 bits per heavy atom. The number of hydrogen-bond donors (Lipinski definition) is 0. The van der Waals surface area contributed by atoms with Crippen LogP contribution in [0, 0.1) is 5.82 Å². The second-order valence-electron chi connectivity index (χ2n) is 13.2. The zero-order valence-electron chi connectivity index (χ0n) is 26.5. The van der Waals surface area contributed by atoms with Gasteiger partial charge in [0.25, 0.3) is 0 Å². The van der Waals surface area contributed by atoms with Crippen molar-refractivity contribution < 1.29 is 4.39 Å². The second kappa shape index (κ2) is 9.86. The first-order chi connectivity index (χ1) is 24.3. The molecule has 2 aliphatic rings. The molecule has 49 heavy (non-hydrogen) atoms. The zero-order chi connectivity index (χ0) is 32.2. The van der Waals surface area contributed by atoms with Crippen molar-refractivity contribution in [1.82, 2.24) is 0 Å². The van der Waals surface area contributed by atoms with Crippen molar-refractivity contribution in [3.8, 4) is 77.9 Å². The van der Waals surface area contributed by atoms with Gasteiger partial charge in [-0.1, -0.05) is 152 Å². The van der Waals surface area contributed by atoms with Crippen LogP contribution in [0.3, 0.4) is 0 Å². The highest BCUT2D eigenvalue weighted by Gasteiger charge is 2.31. The Balaban J connectivity index is 1.21. The van der Waals surface area contributed by atoms with E-state index in [0.717, 1.165) is 16.5 Å². The van der Waals surface area contributed by atoms with E-state index in [9.17, 15) is 4.39 Å². The average Bonchev–Trinajstić information content (AvgIpc) is 3.67. The van der Waals surface area contributed by atoms with Crippen LogP contribution in [0.15, 0.2) is 164 Å². The van der Waals surface area contributed by atoms with Crippen molar-refractivity contribution in [2.45, 2.75) is 0 Å². The maximum atomic E-state index is 14.9. The molecule has 0 bridgehead atoms. The molecule has 0 radical (unpaired) electrons. The van der Waals surface area contributed by atoms with Crippen molar-refractivity contribution in [2.24, 2.45) is 0 Å². The summed E-state index contributed by atoms with van der Waals surface area (Å²) in [5.74, 6) is -0.168. The van der Waals surface area contributed by atoms with Crippen molar-refractivity contribution >= 4 is 32.3 Å². The maximum absolute atomic E-state index is 14.9. The molecular weight excluding hydrogens is 596 g/mol. The summed E-state index contributed by atoms with van der Waals surface area (Å²) in [6, 6.07) is 58.4. The van der Waals surface area contributed by atoms with E-state index in [4.69, 9.17) is 0 Å². The molecule has 0 aromatic heterocycles. The molecular formula is C48H27F. The summed E-state index contributed by atoms with van der Waals surface area (Å²) < 4.78 is 14.9. The van der Waals surface area contributed by atoms with Crippen LogP contribution < -0.4 is 0 Å². The minimum Gasteiger partial charge on any atom is -0.206 e. The predicted molar refractivity (Wildman–Crippen MR) is 204 cm³/mol. The fourth-order valence-electron chi connectivity index (χ4n) is 8.85. The van der Waals surface area contributed by atoms with Gasteiger partial charge in [0, 0.05) is 10.8 Å². The third-order valence-corrected chi connectivity index (χ3v) is 10.8. The molecule has 9 aromatic carbocycles. The van der Waals surface area contributed by atoms with Crippen LogP contribution >= 0.6 is 0 Å². The highest BCUT2D eigenvalue weighted by molar-refractivity contribution is 6.29. The van der Waals surface area contributed by atoms with Gasteiger partial charge in [0.05, 0.1) is 0 Å². The van der Waals surface area contributed by atoms with Crippen molar-refractivity contribution in [1.29, 1.82) is 0 Å². The van der Waals surface area contributed by atoms with Gasteiger partial charge in [-0.25, -0.2) is 4.39 Å². The Hall–Kier alpha value is -6.31. The fraction of sp³-hybridized carbons (Fsp3) is 0. The molecule has 0 spiro atoms. The molecule has 1 heteroatoms. The van der Waals surface area contributed by atoms with Gasteiger partial charge in [0.15, 0.2) is 0 Å². The third-order valence-electron chi connectivity index (χ3n) is 10.8. The van der Waals surface area contributed by atoms with Crippen molar-refractivity contribution in [3.63, 3.8) is 0 Å². The first-order valence-corrected chi connectivity index (χ1v) is 16.9. The van der Waals surface area contributed by atoms with E-state index in [-0.39, 0.29) is 5.82 Å². The molecule has 11 rings (SSSR count). The van der Waals surface area contributed by atoms with Crippen LogP contribution in [0.1, 0.15) is 0 Å². The number of fused-ring (bicyclic) bond motifs is 7.